The van der Waals surface area contributed by atoms with Crippen molar-refractivity contribution in [2.75, 3.05) is 25.6 Å². The number of carbonyl (C=O) groups excluding carboxylic acids is 1. The van der Waals surface area contributed by atoms with Gasteiger partial charge in [-0.2, -0.15) is 0 Å². The smallest absolute Gasteiger partial charge is 0.322 e. The second-order valence-corrected chi connectivity index (χ2v) is 7.96. The standard InChI is InChI=1S/C23H20F5N3O4/c1-30(23(34)29-11-2-3-15(24)14(6-11)21(27)28)18-9-35-10-19-20(18)12-7-16(25)17(26)8-13(12)22(33)31(19)4-5-32/h2-3,6-8,18,21,32H,4-5,9-10H2,1H3,(H,29,34). The highest BCUT2D eigenvalue weighted by molar-refractivity contribution is 5.91. The lowest BCUT2D eigenvalue weighted by molar-refractivity contribution is 0.0493. The summed E-state index contributed by atoms with van der Waals surface area (Å²) in [5.74, 6) is -3.54. The average Bonchev–Trinajstić information content (AvgIpc) is 2.83. The number of aromatic nitrogens is 1. The van der Waals surface area contributed by atoms with Gasteiger partial charge in [-0.25, -0.2) is 26.7 Å². The number of alkyl halides is 2. The largest absolute Gasteiger partial charge is 0.395 e. The number of nitrogens with one attached hydrogen (secondary N) is 1. The van der Waals surface area contributed by atoms with E-state index in [1.54, 1.807) is 0 Å². The third-order valence-corrected chi connectivity index (χ3v) is 5.90. The van der Waals surface area contributed by atoms with E-state index in [1.807, 2.05) is 0 Å². The number of urea groups is 1. The van der Waals surface area contributed by atoms with Crippen molar-refractivity contribution in [2.45, 2.75) is 25.6 Å². The molecule has 2 heterocycles. The van der Waals surface area contributed by atoms with Gasteiger partial charge in [0.2, 0.25) is 0 Å². The van der Waals surface area contributed by atoms with Crippen LogP contribution in [0.5, 0.6) is 0 Å². The Labute approximate surface area is 195 Å². The zero-order valence-corrected chi connectivity index (χ0v) is 18.3. The zero-order chi connectivity index (χ0) is 25.4. The number of amides is 2. The van der Waals surface area contributed by atoms with Crippen LogP contribution in [0.4, 0.5) is 32.4 Å². The number of carbonyl (C=O) groups is 1. The summed E-state index contributed by atoms with van der Waals surface area (Å²) in [6, 6.07) is 2.68. The number of ether oxygens (including phenoxy) is 1. The Morgan fingerprint density at radius 1 is 1.17 bits per heavy atom. The number of halogens is 5. The molecule has 2 N–H and O–H groups in total. The van der Waals surface area contributed by atoms with Gasteiger partial charge < -0.3 is 24.6 Å². The number of likely N-dealkylation sites (N-methyl/N-ethyl adjacent to an activating group) is 1. The summed E-state index contributed by atoms with van der Waals surface area (Å²) >= 11 is 0. The number of anilines is 1. The van der Waals surface area contributed by atoms with Gasteiger partial charge in [0.25, 0.3) is 12.0 Å². The van der Waals surface area contributed by atoms with Gasteiger partial charge in [-0.1, -0.05) is 0 Å². The first-order valence-electron chi connectivity index (χ1n) is 10.5. The van der Waals surface area contributed by atoms with E-state index in [0.717, 1.165) is 35.2 Å². The van der Waals surface area contributed by atoms with Crippen LogP contribution < -0.4 is 10.9 Å². The summed E-state index contributed by atoms with van der Waals surface area (Å²) in [7, 11) is 1.36. The van der Waals surface area contributed by atoms with Crippen LogP contribution in [0.15, 0.2) is 35.1 Å². The molecule has 0 spiro atoms. The third-order valence-electron chi connectivity index (χ3n) is 5.90. The van der Waals surface area contributed by atoms with Crippen LogP contribution in [0, 0.1) is 17.5 Å². The molecule has 2 aromatic carbocycles. The Hall–Kier alpha value is -3.51. The topological polar surface area (TPSA) is 83.8 Å². The molecular weight excluding hydrogens is 477 g/mol. The minimum absolute atomic E-state index is 0.0754. The summed E-state index contributed by atoms with van der Waals surface area (Å²) in [5, 5.41) is 11.8. The minimum Gasteiger partial charge on any atom is -0.395 e. The van der Waals surface area contributed by atoms with Gasteiger partial charge in [0.15, 0.2) is 11.6 Å². The second-order valence-electron chi connectivity index (χ2n) is 7.96. The van der Waals surface area contributed by atoms with E-state index in [9.17, 15) is 36.6 Å². The Kier molecular flexibility index (Phi) is 6.77. The molecule has 35 heavy (non-hydrogen) atoms. The van der Waals surface area contributed by atoms with Gasteiger partial charge >= 0.3 is 6.03 Å². The van der Waals surface area contributed by atoms with E-state index in [0.29, 0.717) is 5.56 Å². The molecule has 1 aliphatic rings. The average molecular weight is 497 g/mol. The Morgan fingerprint density at radius 2 is 1.86 bits per heavy atom. The van der Waals surface area contributed by atoms with Crippen LogP contribution in [0.1, 0.15) is 29.3 Å². The van der Waals surface area contributed by atoms with Crippen LogP contribution in [-0.4, -0.2) is 40.9 Å². The highest BCUT2D eigenvalue weighted by Gasteiger charge is 2.33. The molecule has 0 saturated heterocycles. The number of benzene rings is 2. The quantitative estimate of drug-likeness (QED) is 0.521. The highest BCUT2D eigenvalue weighted by atomic mass is 19.3. The van der Waals surface area contributed by atoms with E-state index < -0.39 is 53.7 Å². The molecule has 1 aliphatic heterocycles. The number of hydrogen-bond acceptors (Lipinski definition) is 4. The molecule has 7 nitrogen and oxygen atoms in total. The fourth-order valence-corrected chi connectivity index (χ4v) is 4.18. The van der Waals surface area contributed by atoms with Gasteiger partial charge in [-0.15, -0.1) is 0 Å². The molecule has 4 rings (SSSR count). The van der Waals surface area contributed by atoms with Crippen molar-refractivity contribution in [1.82, 2.24) is 9.47 Å². The van der Waals surface area contributed by atoms with Gasteiger partial charge in [0, 0.05) is 24.8 Å². The lowest BCUT2D eigenvalue weighted by atomic mass is 9.95. The van der Waals surface area contributed by atoms with Gasteiger partial charge in [-0.05, 0) is 35.7 Å². The highest BCUT2D eigenvalue weighted by Crippen LogP contribution is 2.35. The molecule has 1 atom stereocenters. The molecule has 0 radical (unpaired) electrons. The summed E-state index contributed by atoms with van der Waals surface area (Å²) in [6.45, 7) is -0.719. The molecule has 186 valence electrons. The molecule has 0 saturated carbocycles. The van der Waals surface area contributed by atoms with E-state index in [4.69, 9.17) is 4.74 Å². The molecule has 12 heteroatoms. The van der Waals surface area contributed by atoms with E-state index in [2.05, 4.69) is 5.32 Å². The lowest BCUT2D eigenvalue weighted by Crippen LogP contribution is -2.41. The molecule has 0 bridgehead atoms. The number of aliphatic hydroxyl groups excluding tert-OH is 1. The number of rotatable bonds is 5. The van der Waals surface area contributed by atoms with Crippen LogP contribution in [0.3, 0.4) is 0 Å². The van der Waals surface area contributed by atoms with E-state index in [-0.39, 0.29) is 41.9 Å². The van der Waals surface area contributed by atoms with Crippen LogP contribution >= 0.6 is 0 Å². The third kappa shape index (κ3) is 4.46. The van der Waals surface area contributed by atoms with Crippen molar-refractivity contribution < 1.29 is 36.6 Å². The summed E-state index contributed by atoms with van der Waals surface area (Å²) < 4.78 is 74.5. The monoisotopic (exact) mass is 497 g/mol. The SMILES string of the molecule is CN(C(=O)Nc1ccc(F)c(C(F)F)c1)C1COCc2c1c1cc(F)c(F)cc1c(=O)n2CCO. The lowest BCUT2D eigenvalue weighted by Gasteiger charge is -2.35. The number of hydrogen-bond donors (Lipinski definition) is 2. The van der Waals surface area contributed by atoms with Crippen molar-refractivity contribution in [2.24, 2.45) is 0 Å². The van der Waals surface area contributed by atoms with E-state index in [1.165, 1.54) is 11.6 Å². The number of aliphatic hydroxyl groups is 1. The second kappa shape index (κ2) is 9.62. The van der Waals surface area contributed by atoms with Crippen LogP contribution in [-0.2, 0) is 17.9 Å². The van der Waals surface area contributed by atoms with Gasteiger partial charge in [0.1, 0.15) is 5.82 Å². The summed E-state index contributed by atoms with van der Waals surface area (Å²) in [4.78, 5) is 27.1. The molecule has 3 aromatic rings. The molecule has 0 aliphatic carbocycles. The fourth-order valence-electron chi connectivity index (χ4n) is 4.18. The Bertz CT molecular complexity index is 1360. The maximum absolute atomic E-state index is 14.2. The van der Waals surface area contributed by atoms with Crippen molar-refractivity contribution in [3.8, 4) is 0 Å². The van der Waals surface area contributed by atoms with Crippen molar-refractivity contribution in [3.63, 3.8) is 0 Å². The Morgan fingerprint density at radius 3 is 2.51 bits per heavy atom. The number of nitrogens with zero attached hydrogens (tertiary/aromatic N) is 2. The minimum atomic E-state index is -3.09. The Balaban J connectivity index is 1.78. The first-order chi connectivity index (χ1) is 16.6. The molecule has 1 aromatic heterocycles. The van der Waals surface area contributed by atoms with Gasteiger partial charge in [0.05, 0.1) is 42.5 Å². The van der Waals surface area contributed by atoms with Gasteiger partial charge in [-0.3, -0.25) is 4.79 Å². The maximum Gasteiger partial charge on any atom is 0.322 e. The zero-order valence-electron chi connectivity index (χ0n) is 18.3. The number of fused-ring (bicyclic) bond motifs is 3. The molecular formula is C23H20F5N3O4. The predicted molar refractivity (Wildman–Crippen MR) is 116 cm³/mol. The molecule has 0 fully saturated rings. The fraction of sp³-hybridized carbons (Fsp3) is 0.304. The maximum atomic E-state index is 14.2. The van der Waals surface area contributed by atoms with Crippen molar-refractivity contribution >= 4 is 22.5 Å². The molecule has 1 unspecified atom stereocenters. The summed E-state index contributed by atoms with van der Waals surface area (Å²) in [6.07, 6.45) is -3.09. The predicted octanol–water partition coefficient (Wildman–Crippen LogP) is 4.08. The summed E-state index contributed by atoms with van der Waals surface area (Å²) in [5.41, 5.74) is -1.02. The number of pyridine rings is 1. The normalized spacial score (nSPS) is 15.4. The first kappa shape index (κ1) is 24.6. The van der Waals surface area contributed by atoms with Crippen molar-refractivity contribution in [3.05, 3.63) is 75.0 Å². The first-order valence-corrected chi connectivity index (χ1v) is 10.5. The van der Waals surface area contributed by atoms with Crippen LogP contribution in [0.25, 0.3) is 10.8 Å². The van der Waals surface area contributed by atoms with Crippen molar-refractivity contribution in [1.29, 1.82) is 0 Å². The van der Waals surface area contributed by atoms with E-state index >= 15 is 0 Å². The molecule has 2 amide bonds. The van der Waals surface area contributed by atoms with Crippen LogP contribution in [0.2, 0.25) is 0 Å².